The van der Waals surface area contributed by atoms with Crippen molar-refractivity contribution in [3.8, 4) is 0 Å². The second-order valence-electron chi connectivity index (χ2n) is 5.18. The molecule has 1 aliphatic rings. The van der Waals surface area contributed by atoms with Gasteiger partial charge in [0.1, 0.15) is 11.0 Å². The van der Waals surface area contributed by atoms with Crippen molar-refractivity contribution < 1.29 is 5.11 Å². The molecule has 4 N–H and O–H groups in total. The predicted octanol–water partition coefficient (Wildman–Crippen LogP) is 1.48. The number of anilines is 3. The van der Waals surface area contributed by atoms with Crippen LogP contribution < -0.4 is 16.0 Å². The third-order valence-electron chi connectivity index (χ3n) is 3.78. The van der Waals surface area contributed by atoms with Crippen LogP contribution in [0.25, 0.3) is 11.0 Å². The molecule has 0 aromatic carbocycles. The van der Waals surface area contributed by atoms with E-state index >= 15 is 0 Å². The highest BCUT2D eigenvalue weighted by Crippen LogP contribution is 2.28. The quantitative estimate of drug-likeness (QED) is 0.627. The summed E-state index contributed by atoms with van der Waals surface area (Å²) in [6.45, 7) is 0. The lowest BCUT2D eigenvalue weighted by molar-refractivity contribution is 0.171. The van der Waals surface area contributed by atoms with Gasteiger partial charge >= 0.3 is 0 Å². The fourth-order valence-corrected chi connectivity index (χ4v) is 2.85. The standard InChI is InChI=1S/C13H18ClN7O/c1-15-10-9-8(18-12(14)20-10)11(16-2)21-13(19-9)17-6-4-3-5-7(6)22/h6-7,22H,3-5H2,1-2H3,(H,15,18,20)(H2,16,17,19,21)/t6-,7-/m0/s1. The molecule has 9 heteroatoms. The first-order valence-corrected chi connectivity index (χ1v) is 7.55. The van der Waals surface area contributed by atoms with Gasteiger partial charge in [0.05, 0.1) is 12.1 Å². The zero-order valence-corrected chi connectivity index (χ0v) is 13.1. The largest absolute Gasteiger partial charge is 0.391 e. The Hall–Kier alpha value is -1.93. The second-order valence-corrected chi connectivity index (χ2v) is 5.52. The van der Waals surface area contributed by atoms with Gasteiger partial charge in [-0.25, -0.2) is 9.97 Å². The number of hydrogen-bond donors (Lipinski definition) is 4. The highest BCUT2D eigenvalue weighted by Gasteiger charge is 2.26. The number of nitrogens with one attached hydrogen (secondary N) is 3. The lowest BCUT2D eigenvalue weighted by atomic mass is 10.2. The summed E-state index contributed by atoms with van der Waals surface area (Å²) in [5, 5.41) is 19.2. The molecule has 8 nitrogen and oxygen atoms in total. The maximum absolute atomic E-state index is 9.94. The molecule has 1 fully saturated rings. The molecular formula is C13H18ClN7O. The monoisotopic (exact) mass is 323 g/mol. The molecule has 0 saturated heterocycles. The maximum atomic E-state index is 9.94. The molecule has 0 aliphatic heterocycles. The molecule has 2 heterocycles. The smallest absolute Gasteiger partial charge is 0.225 e. The van der Waals surface area contributed by atoms with Crippen molar-refractivity contribution in [1.82, 2.24) is 19.9 Å². The minimum Gasteiger partial charge on any atom is -0.391 e. The van der Waals surface area contributed by atoms with E-state index in [0.29, 0.717) is 28.6 Å². The van der Waals surface area contributed by atoms with E-state index < -0.39 is 0 Å². The molecule has 3 rings (SSSR count). The van der Waals surface area contributed by atoms with Gasteiger partial charge in [0.15, 0.2) is 11.6 Å². The lowest BCUT2D eigenvalue weighted by Crippen LogP contribution is -2.29. The Morgan fingerprint density at radius 3 is 2.32 bits per heavy atom. The van der Waals surface area contributed by atoms with E-state index in [1.807, 2.05) is 0 Å². The summed E-state index contributed by atoms with van der Waals surface area (Å²) in [5.41, 5.74) is 1.12. The van der Waals surface area contributed by atoms with Gasteiger partial charge in [0.25, 0.3) is 0 Å². The van der Waals surface area contributed by atoms with Gasteiger partial charge in [-0.3, -0.25) is 0 Å². The first-order chi connectivity index (χ1) is 10.6. The Kier molecular flexibility index (Phi) is 4.12. The molecule has 1 saturated carbocycles. The second kappa shape index (κ2) is 6.05. The first kappa shape index (κ1) is 15.0. The van der Waals surface area contributed by atoms with Crippen LogP contribution in [0.3, 0.4) is 0 Å². The lowest BCUT2D eigenvalue weighted by Gasteiger charge is -2.17. The highest BCUT2D eigenvalue weighted by atomic mass is 35.5. The zero-order chi connectivity index (χ0) is 15.7. The zero-order valence-electron chi connectivity index (χ0n) is 12.4. The minimum atomic E-state index is -0.373. The van der Waals surface area contributed by atoms with Crippen molar-refractivity contribution in [2.75, 3.05) is 30.0 Å². The van der Waals surface area contributed by atoms with E-state index in [9.17, 15) is 5.11 Å². The number of rotatable bonds is 4. The maximum Gasteiger partial charge on any atom is 0.225 e. The number of aliphatic hydroxyl groups excluding tert-OH is 1. The fourth-order valence-electron chi connectivity index (χ4n) is 2.68. The van der Waals surface area contributed by atoms with Crippen molar-refractivity contribution in [3.63, 3.8) is 0 Å². The Labute approximate surface area is 132 Å². The summed E-state index contributed by atoms with van der Waals surface area (Å²) in [4.78, 5) is 17.2. The number of aromatic nitrogens is 4. The fraction of sp³-hybridized carbons (Fsp3) is 0.538. The summed E-state index contributed by atoms with van der Waals surface area (Å²) in [7, 11) is 3.50. The summed E-state index contributed by atoms with van der Waals surface area (Å²) >= 11 is 5.93. The average Bonchev–Trinajstić information content (AvgIpc) is 2.91. The van der Waals surface area contributed by atoms with Crippen LogP contribution in [0.15, 0.2) is 0 Å². The Bertz CT molecular complexity index is 696. The molecule has 0 amide bonds. The van der Waals surface area contributed by atoms with E-state index in [-0.39, 0.29) is 17.4 Å². The Morgan fingerprint density at radius 2 is 1.68 bits per heavy atom. The molecule has 0 bridgehead atoms. The van der Waals surface area contributed by atoms with Gasteiger partial charge in [-0.2, -0.15) is 9.97 Å². The topological polar surface area (TPSA) is 108 Å². The molecule has 0 spiro atoms. The van der Waals surface area contributed by atoms with Crippen LogP contribution in [0.4, 0.5) is 17.6 Å². The molecule has 0 radical (unpaired) electrons. The predicted molar refractivity (Wildman–Crippen MR) is 86.5 cm³/mol. The Balaban J connectivity index is 2.06. The van der Waals surface area contributed by atoms with E-state index in [1.54, 1.807) is 14.1 Å². The number of nitrogens with zero attached hydrogens (tertiary/aromatic N) is 4. The molecule has 0 unspecified atom stereocenters. The third-order valence-corrected chi connectivity index (χ3v) is 3.95. The molecule has 1 aliphatic carbocycles. The van der Waals surface area contributed by atoms with E-state index in [4.69, 9.17) is 11.6 Å². The molecular weight excluding hydrogens is 306 g/mol. The average molecular weight is 324 g/mol. The summed E-state index contributed by atoms with van der Waals surface area (Å²) in [6.07, 6.45) is 2.31. The van der Waals surface area contributed by atoms with E-state index in [1.165, 1.54) is 0 Å². The number of fused-ring (bicyclic) bond motifs is 1. The van der Waals surface area contributed by atoms with Gasteiger partial charge in [0.2, 0.25) is 11.2 Å². The van der Waals surface area contributed by atoms with Crippen molar-refractivity contribution in [1.29, 1.82) is 0 Å². The number of halogens is 1. The van der Waals surface area contributed by atoms with Gasteiger partial charge in [-0.05, 0) is 30.9 Å². The van der Waals surface area contributed by atoms with Crippen LogP contribution in [0, 0.1) is 0 Å². The van der Waals surface area contributed by atoms with Crippen LogP contribution in [-0.2, 0) is 0 Å². The highest BCUT2D eigenvalue weighted by molar-refractivity contribution is 6.29. The Morgan fingerprint density at radius 1 is 1.00 bits per heavy atom. The third kappa shape index (κ3) is 2.71. The minimum absolute atomic E-state index is 0.0339. The first-order valence-electron chi connectivity index (χ1n) is 7.17. The van der Waals surface area contributed by atoms with E-state index in [2.05, 4.69) is 35.9 Å². The van der Waals surface area contributed by atoms with Crippen molar-refractivity contribution in [3.05, 3.63) is 5.28 Å². The van der Waals surface area contributed by atoms with Crippen molar-refractivity contribution in [2.24, 2.45) is 0 Å². The van der Waals surface area contributed by atoms with Crippen LogP contribution >= 0.6 is 11.6 Å². The van der Waals surface area contributed by atoms with Crippen LogP contribution in [0.1, 0.15) is 19.3 Å². The molecule has 2 aromatic heterocycles. The van der Waals surface area contributed by atoms with Crippen LogP contribution in [0.5, 0.6) is 0 Å². The SMILES string of the molecule is CNc1nc(N[C@H]2CCC[C@@H]2O)nc2c(NC)nc(Cl)nc12. The number of aliphatic hydroxyl groups is 1. The molecule has 2 atom stereocenters. The van der Waals surface area contributed by atoms with Gasteiger partial charge in [-0.15, -0.1) is 0 Å². The summed E-state index contributed by atoms with van der Waals surface area (Å²) in [6, 6.07) is -0.0339. The molecule has 118 valence electrons. The normalized spacial score (nSPS) is 21.1. The van der Waals surface area contributed by atoms with Crippen molar-refractivity contribution >= 4 is 40.2 Å². The van der Waals surface area contributed by atoms with E-state index in [0.717, 1.165) is 19.3 Å². The number of hydrogen-bond acceptors (Lipinski definition) is 8. The summed E-state index contributed by atoms with van der Waals surface area (Å²) in [5.74, 6) is 1.52. The van der Waals surface area contributed by atoms with Gasteiger partial charge in [-0.1, -0.05) is 0 Å². The molecule has 2 aromatic rings. The van der Waals surface area contributed by atoms with Crippen molar-refractivity contribution in [2.45, 2.75) is 31.4 Å². The van der Waals surface area contributed by atoms with Crippen LogP contribution in [-0.4, -0.2) is 51.3 Å². The van der Waals surface area contributed by atoms with Crippen LogP contribution in [0.2, 0.25) is 5.28 Å². The van der Waals surface area contributed by atoms with Gasteiger partial charge in [0, 0.05) is 14.1 Å². The van der Waals surface area contributed by atoms with Gasteiger partial charge < -0.3 is 21.1 Å². The summed E-state index contributed by atoms with van der Waals surface area (Å²) < 4.78 is 0. The molecule has 22 heavy (non-hydrogen) atoms.